The number of nitrogens with zero attached hydrogens (tertiary/aromatic N) is 1. The van der Waals surface area contributed by atoms with Crippen molar-refractivity contribution in [2.24, 2.45) is 5.92 Å². The fraction of sp³-hybridized carbons (Fsp3) is 1.00. The number of hydrogen-bond acceptors (Lipinski definition) is 2. The molecule has 2 heteroatoms. The molecule has 0 unspecified atom stereocenters. The fourth-order valence-corrected chi connectivity index (χ4v) is 2.54. The van der Waals surface area contributed by atoms with Crippen molar-refractivity contribution < 1.29 is 0 Å². The molecule has 0 aliphatic heterocycles. The Labute approximate surface area is 95.4 Å². The van der Waals surface area contributed by atoms with Gasteiger partial charge in [-0.25, -0.2) is 0 Å². The Kier molecular flexibility index (Phi) is 6.26. The molecule has 0 aromatic heterocycles. The molecular weight excluding hydrogens is 184 g/mol. The van der Waals surface area contributed by atoms with Gasteiger partial charge in [-0.1, -0.05) is 20.8 Å². The summed E-state index contributed by atoms with van der Waals surface area (Å²) < 4.78 is 0. The van der Waals surface area contributed by atoms with E-state index in [1.54, 1.807) is 0 Å². The molecule has 90 valence electrons. The molecule has 1 aliphatic rings. The van der Waals surface area contributed by atoms with Crippen molar-refractivity contribution in [3.8, 4) is 0 Å². The lowest BCUT2D eigenvalue weighted by Gasteiger charge is -2.19. The second-order valence-corrected chi connectivity index (χ2v) is 4.95. The van der Waals surface area contributed by atoms with Gasteiger partial charge in [0.2, 0.25) is 0 Å². The van der Waals surface area contributed by atoms with E-state index >= 15 is 0 Å². The van der Waals surface area contributed by atoms with Gasteiger partial charge in [-0.05, 0) is 57.8 Å². The van der Waals surface area contributed by atoms with Crippen LogP contribution in [0.1, 0.15) is 46.5 Å². The van der Waals surface area contributed by atoms with Gasteiger partial charge in [0, 0.05) is 6.04 Å². The van der Waals surface area contributed by atoms with E-state index in [0.717, 1.165) is 12.0 Å². The smallest absolute Gasteiger partial charge is 0.00697 e. The minimum absolute atomic E-state index is 0.816. The molecule has 2 atom stereocenters. The number of nitrogens with one attached hydrogen (secondary N) is 1. The van der Waals surface area contributed by atoms with Gasteiger partial charge < -0.3 is 10.2 Å². The van der Waals surface area contributed by atoms with Crippen LogP contribution in [-0.4, -0.2) is 37.1 Å². The highest BCUT2D eigenvalue weighted by Gasteiger charge is 2.19. The lowest BCUT2D eigenvalue weighted by molar-refractivity contribution is 0.295. The summed E-state index contributed by atoms with van der Waals surface area (Å²) in [5.74, 6) is 0.949. The fourth-order valence-electron chi connectivity index (χ4n) is 2.54. The van der Waals surface area contributed by atoms with Gasteiger partial charge in [-0.2, -0.15) is 0 Å². The van der Waals surface area contributed by atoms with Crippen LogP contribution in [0.4, 0.5) is 0 Å². The zero-order valence-corrected chi connectivity index (χ0v) is 10.8. The maximum Gasteiger partial charge on any atom is 0.00697 e. The number of rotatable bonds is 7. The molecule has 1 aliphatic carbocycles. The third kappa shape index (κ3) is 4.98. The van der Waals surface area contributed by atoms with Gasteiger partial charge in [-0.3, -0.25) is 0 Å². The molecule has 1 N–H and O–H groups in total. The molecule has 15 heavy (non-hydrogen) atoms. The Balaban J connectivity index is 1.97. The molecule has 0 aromatic rings. The van der Waals surface area contributed by atoms with E-state index in [0.29, 0.717) is 0 Å². The van der Waals surface area contributed by atoms with E-state index in [1.165, 1.54) is 51.9 Å². The minimum Gasteiger partial charge on any atom is -0.314 e. The molecular formula is C13H28N2. The molecule has 2 nitrogen and oxygen atoms in total. The Morgan fingerprint density at radius 2 is 1.93 bits per heavy atom. The molecule has 1 rings (SSSR count). The molecule has 0 bridgehead atoms. The van der Waals surface area contributed by atoms with Crippen LogP contribution < -0.4 is 5.32 Å². The molecule has 0 aromatic carbocycles. The maximum absolute atomic E-state index is 3.69. The average Bonchev–Trinajstić information content (AvgIpc) is 2.65. The van der Waals surface area contributed by atoms with Gasteiger partial charge in [-0.15, -0.1) is 0 Å². The molecule has 0 amide bonds. The highest BCUT2D eigenvalue weighted by atomic mass is 15.1. The molecule has 0 saturated heterocycles. The van der Waals surface area contributed by atoms with E-state index in [2.05, 4.69) is 31.0 Å². The lowest BCUT2D eigenvalue weighted by atomic mass is 10.1. The summed E-state index contributed by atoms with van der Waals surface area (Å²) in [5.41, 5.74) is 0. The van der Waals surface area contributed by atoms with Gasteiger partial charge in [0.15, 0.2) is 0 Å². The van der Waals surface area contributed by atoms with Gasteiger partial charge in [0.05, 0.1) is 0 Å². The number of hydrogen-bond donors (Lipinski definition) is 1. The summed E-state index contributed by atoms with van der Waals surface area (Å²) >= 11 is 0. The zero-order chi connectivity index (χ0) is 11.1. The second kappa shape index (κ2) is 7.24. The van der Waals surface area contributed by atoms with Crippen molar-refractivity contribution >= 4 is 0 Å². The summed E-state index contributed by atoms with van der Waals surface area (Å²) in [6.45, 7) is 11.7. The standard InChI is InChI=1S/C13H28N2/c1-4-15(5-2)10-6-9-14-13-8-7-12(3)11-13/h12-14H,4-11H2,1-3H3/t12-,13+/m1/s1. The quantitative estimate of drug-likeness (QED) is 0.652. The highest BCUT2D eigenvalue weighted by Crippen LogP contribution is 2.24. The van der Waals surface area contributed by atoms with Gasteiger partial charge in [0.1, 0.15) is 0 Å². The van der Waals surface area contributed by atoms with Gasteiger partial charge in [0.25, 0.3) is 0 Å². The third-order valence-corrected chi connectivity index (χ3v) is 3.67. The van der Waals surface area contributed by atoms with Crippen LogP contribution >= 0.6 is 0 Å². The van der Waals surface area contributed by atoms with Crippen LogP contribution in [0.2, 0.25) is 0 Å². The SMILES string of the molecule is CCN(CC)CCCN[C@H]1CC[C@@H](C)C1. The second-order valence-electron chi connectivity index (χ2n) is 4.95. The first-order chi connectivity index (χ1) is 7.26. The minimum atomic E-state index is 0.816. The summed E-state index contributed by atoms with van der Waals surface area (Å²) in [6, 6.07) is 0.816. The van der Waals surface area contributed by atoms with Crippen molar-refractivity contribution in [2.75, 3.05) is 26.2 Å². The van der Waals surface area contributed by atoms with Crippen LogP contribution in [0.3, 0.4) is 0 Å². The molecule has 0 spiro atoms. The Hall–Kier alpha value is -0.0800. The van der Waals surface area contributed by atoms with Crippen molar-refractivity contribution in [3.05, 3.63) is 0 Å². The third-order valence-electron chi connectivity index (χ3n) is 3.67. The first-order valence-electron chi connectivity index (χ1n) is 6.72. The monoisotopic (exact) mass is 212 g/mol. The highest BCUT2D eigenvalue weighted by molar-refractivity contribution is 4.78. The van der Waals surface area contributed by atoms with Crippen LogP contribution in [-0.2, 0) is 0 Å². The van der Waals surface area contributed by atoms with E-state index in [4.69, 9.17) is 0 Å². The van der Waals surface area contributed by atoms with Gasteiger partial charge >= 0.3 is 0 Å². The molecule has 1 fully saturated rings. The van der Waals surface area contributed by atoms with Crippen molar-refractivity contribution in [2.45, 2.75) is 52.5 Å². The van der Waals surface area contributed by atoms with Crippen molar-refractivity contribution in [1.29, 1.82) is 0 Å². The summed E-state index contributed by atoms with van der Waals surface area (Å²) in [7, 11) is 0. The van der Waals surface area contributed by atoms with Crippen molar-refractivity contribution in [3.63, 3.8) is 0 Å². The first-order valence-corrected chi connectivity index (χ1v) is 6.72. The maximum atomic E-state index is 3.69. The van der Waals surface area contributed by atoms with E-state index in [1.807, 2.05) is 0 Å². The average molecular weight is 212 g/mol. The van der Waals surface area contributed by atoms with Crippen molar-refractivity contribution in [1.82, 2.24) is 10.2 Å². The normalized spacial score (nSPS) is 26.4. The van der Waals surface area contributed by atoms with E-state index in [9.17, 15) is 0 Å². The molecule has 0 heterocycles. The zero-order valence-electron chi connectivity index (χ0n) is 10.8. The Bertz CT molecular complexity index is 155. The van der Waals surface area contributed by atoms with E-state index in [-0.39, 0.29) is 0 Å². The predicted octanol–water partition coefficient (Wildman–Crippen LogP) is 2.50. The Morgan fingerprint density at radius 3 is 2.47 bits per heavy atom. The van der Waals surface area contributed by atoms with E-state index < -0.39 is 0 Å². The Morgan fingerprint density at radius 1 is 1.20 bits per heavy atom. The molecule has 1 saturated carbocycles. The molecule has 0 radical (unpaired) electrons. The summed E-state index contributed by atoms with van der Waals surface area (Å²) in [4.78, 5) is 2.50. The van der Waals surface area contributed by atoms with Crippen LogP contribution in [0, 0.1) is 5.92 Å². The summed E-state index contributed by atoms with van der Waals surface area (Å²) in [6.07, 6.45) is 5.51. The summed E-state index contributed by atoms with van der Waals surface area (Å²) in [5, 5.41) is 3.69. The first kappa shape index (κ1) is 13.0. The van der Waals surface area contributed by atoms with Crippen LogP contribution in [0.5, 0.6) is 0 Å². The lowest BCUT2D eigenvalue weighted by Crippen LogP contribution is -2.31. The van der Waals surface area contributed by atoms with Crippen LogP contribution in [0.25, 0.3) is 0 Å². The topological polar surface area (TPSA) is 15.3 Å². The van der Waals surface area contributed by atoms with Crippen LogP contribution in [0.15, 0.2) is 0 Å². The predicted molar refractivity (Wildman–Crippen MR) is 67.2 cm³/mol. The largest absolute Gasteiger partial charge is 0.314 e.